The van der Waals surface area contributed by atoms with Crippen molar-refractivity contribution in [1.29, 1.82) is 0 Å². The molecule has 0 fully saturated rings. The van der Waals surface area contributed by atoms with Crippen molar-refractivity contribution in [3.8, 4) is 10.6 Å². The molecule has 0 bridgehead atoms. The quantitative estimate of drug-likeness (QED) is 0.504. The lowest BCUT2D eigenvalue weighted by atomic mass is 10.2. The summed E-state index contributed by atoms with van der Waals surface area (Å²) < 4.78 is 5.28. The predicted octanol–water partition coefficient (Wildman–Crippen LogP) is 3.13. The van der Waals surface area contributed by atoms with Crippen LogP contribution in [0.2, 0.25) is 0 Å². The SMILES string of the molecule is O=[N+]([O-])c1cccc(-c2nc(CNC(CO)c3ccco3)cs2)c1. The molecular weight excluding hydrogens is 330 g/mol. The molecule has 7 nitrogen and oxygen atoms in total. The number of nitrogens with one attached hydrogen (secondary N) is 1. The van der Waals surface area contributed by atoms with Crippen molar-refractivity contribution in [3.05, 3.63) is 69.6 Å². The number of furan rings is 1. The third-order valence-corrected chi connectivity index (χ3v) is 4.39. The van der Waals surface area contributed by atoms with Crippen LogP contribution in [0.15, 0.2) is 52.5 Å². The lowest BCUT2D eigenvalue weighted by Crippen LogP contribution is -2.23. The molecule has 2 N–H and O–H groups in total. The van der Waals surface area contributed by atoms with Crippen LogP contribution in [0.3, 0.4) is 0 Å². The Morgan fingerprint density at radius 1 is 1.38 bits per heavy atom. The van der Waals surface area contributed by atoms with Crippen molar-refractivity contribution in [3.63, 3.8) is 0 Å². The fourth-order valence-corrected chi connectivity index (χ4v) is 3.06. The summed E-state index contributed by atoms with van der Waals surface area (Å²) in [5.74, 6) is 0.659. The van der Waals surface area contributed by atoms with Crippen molar-refractivity contribution >= 4 is 17.0 Å². The maximum atomic E-state index is 10.9. The number of aliphatic hydroxyl groups excluding tert-OH is 1. The predicted molar refractivity (Wildman–Crippen MR) is 89.6 cm³/mol. The van der Waals surface area contributed by atoms with Crippen LogP contribution in [0.1, 0.15) is 17.5 Å². The molecule has 0 aliphatic carbocycles. The monoisotopic (exact) mass is 345 g/mol. The van der Waals surface area contributed by atoms with Crippen molar-refractivity contribution in [1.82, 2.24) is 10.3 Å². The largest absolute Gasteiger partial charge is 0.468 e. The van der Waals surface area contributed by atoms with Crippen LogP contribution in [0.25, 0.3) is 10.6 Å². The first-order chi connectivity index (χ1) is 11.7. The highest BCUT2D eigenvalue weighted by molar-refractivity contribution is 7.13. The van der Waals surface area contributed by atoms with Crippen LogP contribution < -0.4 is 5.32 Å². The lowest BCUT2D eigenvalue weighted by molar-refractivity contribution is -0.384. The summed E-state index contributed by atoms with van der Waals surface area (Å²) in [5, 5.41) is 26.1. The number of rotatable bonds is 7. The maximum absolute atomic E-state index is 10.9. The minimum absolute atomic E-state index is 0.0422. The molecule has 0 aliphatic heterocycles. The first-order valence-corrected chi connectivity index (χ1v) is 8.12. The Kier molecular flexibility index (Phi) is 4.99. The lowest BCUT2D eigenvalue weighted by Gasteiger charge is -2.12. The average Bonchev–Trinajstić information content (AvgIpc) is 3.27. The normalized spacial score (nSPS) is 12.2. The van der Waals surface area contributed by atoms with Gasteiger partial charge in [-0.1, -0.05) is 12.1 Å². The van der Waals surface area contributed by atoms with Crippen LogP contribution in [-0.2, 0) is 6.54 Å². The summed E-state index contributed by atoms with van der Waals surface area (Å²) in [5.41, 5.74) is 1.55. The Morgan fingerprint density at radius 2 is 2.25 bits per heavy atom. The Hall–Kier alpha value is -2.55. The minimum atomic E-state index is -0.422. The molecule has 24 heavy (non-hydrogen) atoms. The molecule has 3 rings (SSSR count). The number of aromatic nitrogens is 1. The molecule has 1 unspecified atom stereocenters. The van der Waals surface area contributed by atoms with Gasteiger partial charge >= 0.3 is 0 Å². The van der Waals surface area contributed by atoms with Gasteiger partial charge in [-0.3, -0.25) is 15.4 Å². The van der Waals surface area contributed by atoms with E-state index in [2.05, 4.69) is 10.3 Å². The van der Waals surface area contributed by atoms with E-state index in [1.165, 1.54) is 23.5 Å². The fraction of sp³-hybridized carbons (Fsp3) is 0.188. The van der Waals surface area contributed by atoms with Gasteiger partial charge in [-0.2, -0.15) is 0 Å². The van der Waals surface area contributed by atoms with Crippen molar-refractivity contribution in [2.75, 3.05) is 6.61 Å². The Bertz CT molecular complexity index is 816. The summed E-state index contributed by atoms with van der Waals surface area (Å²) in [6.45, 7) is 0.368. The van der Waals surface area contributed by atoms with Crippen molar-refractivity contribution in [2.24, 2.45) is 0 Å². The van der Waals surface area contributed by atoms with Gasteiger partial charge in [0.05, 0.1) is 29.5 Å². The van der Waals surface area contributed by atoms with Gasteiger partial charge in [0.25, 0.3) is 5.69 Å². The molecule has 0 saturated carbocycles. The maximum Gasteiger partial charge on any atom is 0.270 e. The van der Waals surface area contributed by atoms with Gasteiger partial charge in [0, 0.05) is 29.6 Å². The molecule has 3 aromatic rings. The highest BCUT2D eigenvalue weighted by Gasteiger charge is 2.14. The van der Waals surface area contributed by atoms with E-state index in [-0.39, 0.29) is 18.3 Å². The Balaban J connectivity index is 1.69. The molecule has 8 heteroatoms. The van der Waals surface area contributed by atoms with Gasteiger partial charge in [-0.05, 0) is 12.1 Å². The van der Waals surface area contributed by atoms with Crippen molar-refractivity contribution < 1.29 is 14.4 Å². The topological polar surface area (TPSA) is 101 Å². The van der Waals surface area contributed by atoms with Crippen LogP contribution in [0.5, 0.6) is 0 Å². The highest BCUT2D eigenvalue weighted by Crippen LogP contribution is 2.27. The molecule has 0 radical (unpaired) electrons. The number of benzene rings is 1. The molecule has 0 aliphatic rings. The van der Waals surface area contributed by atoms with E-state index in [0.717, 1.165) is 5.69 Å². The number of nitro benzene ring substituents is 1. The van der Waals surface area contributed by atoms with E-state index in [1.807, 2.05) is 5.38 Å². The zero-order chi connectivity index (χ0) is 16.9. The molecule has 1 atom stereocenters. The summed E-state index contributed by atoms with van der Waals surface area (Å²) in [6.07, 6.45) is 1.56. The Morgan fingerprint density at radius 3 is 2.96 bits per heavy atom. The third-order valence-electron chi connectivity index (χ3n) is 3.45. The van der Waals surface area contributed by atoms with Crippen molar-refractivity contribution in [2.45, 2.75) is 12.6 Å². The van der Waals surface area contributed by atoms with Gasteiger partial charge in [0.15, 0.2) is 0 Å². The summed E-state index contributed by atoms with van der Waals surface area (Å²) >= 11 is 1.42. The molecule has 124 valence electrons. The molecular formula is C16H15N3O4S. The van der Waals surface area contributed by atoms with Crippen LogP contribution in [0.4, 0.5) is 5.69 Å². The Labute approximate surface area is 141 Å². The second kappa shape index (κ2) is 7.35. The zero-order valence-corrected chi connectivity index (χ0v) is 13.4. The number of hydrogen-bond donors (Lipinski definition) is 2. The highest BCUT2D eigenvalue weighted by atomic mass is 32.1. The number of aliphatic hydroxyl groups is 1. The molecule has 0 amide bonds. The first kappa shape index (κ1) is 16.3. The number of non-ortho nitro benzene ring substituents is 1. The van der Waals surface area contributed by atoms with Crippen LogP contribution >= 0.6 is 11.3 Å². The standard InChI is InChI=1S/C16H15N3O4S/c20-9-14(15-5-2-6-23-15)17-8-12-10-24-16(18-12)11-3-1-4-13(7-11)19(21)22/h1-7,10,14,17,20H,8-9H2. The molecule has 0 saturated heterocycles. The summed E-state index contributed by atoms with van der Waals surface area (Å²) in [6, 6.07) is 9.66. The number of nitrogens with zero attached hydrogens (tertiary/aromatic N) is 2. The average molecular weight is 345 g/mol. The van der Waals surface area contributed by atoms with Crippen LogP contribution in [-0.4, -0.2) is 21.6 Å². The van der Waals surface area contributed by atoms with Gasteiger partial charge in [-0.15, -0.1) is 11.3 Å². The van der Waals surface area contributed by atoms with E-state index >= 15 is 0 Å². The summed E-state index contributed by atoms with van der Waals surface area (Å²) in [7, 11) is 0. The van der Waals surface area contributed by atoms with Gasteiger partial charge in [0.1, 0.15) is 10.8 Å². The molecule has 2 heterocycles. The van der Waals surface area contributed by atoms with E-state index in [1.54, 1.807) is 30.5 Å². The molecule has 2 aromatic heterocycles. The number of nitro groups is 1. The second-order valence-electron chi connectivity index (χ2n) is 5.08. The number of thiazole rings is 1. The molecule has 0 spiro atoms. The number of hydrogen-bond acceptors (Lipinski definition) is 7. The minimum Gasteiger partial charge on any atom is -0.468 e. The van der Waals surface area contributed by atoms with Crippen LogP contribution in [0, 0.1) is 10.1 Å². The van der Waals surface area contributed by atoms with E-state index in [4.69, 9.17) is 4.42 Å². The van der Waals surface area contributed by atoms with Gasteiger partial charge < -0.3 is 9.52 Å². The van der Waals surface area contributed by atoms with E-state index in [0.29, 0.717) is 22.9 Å². The van der Waals surface area contributed by atoms with E-state index in [9.17, 15) is 15.2 Å². The zero-order valence-electron chi connectivity index (χ0n) is 12.6. The van der Waals surface area contributed by atoms with Gasteiger partial charge in [-0.25, -0.2) is 4.98 Å². The van der Waals surface area contributed by atoms with E-state index < -0.39 is 4.92 Å². The molecule has 1 aromatic carbocycles. The van der Waals surface area contributed by atoms with Gasteiger partial charge in [0.2, 0.25) is 0 Å². The first-order valence-electron chi connectivity index (χ1n) is 7.24. The third kappa shape index (κ3) is 3.67. The fourth-order valence-electron chi connectivity index (χ4n) is 2.25. The second-order valence-corrected chi connectivity index (χ2v) is 5.94. The smallest absolute Gasteiger partial charge is 0.270 e. The summed E-state index contributed by atoms with van der Waals surface area (Å²) in [4.78, 5) is 14.9.